The van der Waals surface area contributed by atoms with E-state index >= 15 is 0 Å². The average molecular weight is 406 g/mol. The molecule has 3 aromatic rings. The fraction of sp³-hybridized carbons (Fsp3) is 0.304. The molecular weight excluding hydrogens is 384 g/mol. The SMILES string of the molecule is CC(C)(C)OC(=O)N1Cc2c([nH]c3ccccc3c2=O)C1c1ccc2c(c1)OCO2. The first-order valence-electron chi connectivity index (χ1n) is 9.85. The van der Waals surface area contributed by atoms with Gasteiger partial charge < -0.3 is 19.2 Å². The van der Waals surface area contributed by atoms with Gasteiger partial charge in [0.05, 0.1) is 12.2 Å². The highest BCUT2D eigenvalue weighted by molar-refractivity contribution is 5.81. The third-order valence-corrected chi connectivity index (χ3v) is 5.29. The van der Waals surface area contributed by atoms with Gasteiger partial charge in [-0.2, -0.15) is 0 Å². The number of H-pyrrole nitrogens is 1. The lowest BCUT2D eigenvalue weighted by Crippen LogP contribution is -2.36. The predicted octanol–water partition coefficient (Wildman–Crippen LogP) is 4.10. The average Bonchev–Trinajstić information content (AvgIpc) is 3.31. The zero-order chi connectivity index (χ0) is 21.0. The molecule has 0 aliphatic carbocycles. The maximum absolute atomic E-state index is 13.2. The van der Waals surface area contributed by atoms with E-state index in [1.807, 2.05) is 57.2 Å². The highest BCUT2D eigenvalue weighted by Crippen LogP contribution is 2.42. The van der Waals surface area contributed by atoms with Crippen molar-refractivity contribution < 1.29 is 19.0 Å². The molecule has 0 radical (unpaired) electrons. The number of pyridine rings is 1. The second-order valence-corrected chi connectivity index (χ2v) is 8.52. The van der Waals surface area contributed by atoms with Crippen LogP contribution in [0.25, 0.3) is 10.9 Å². The van der Waals surface area contributed by atoms with Crippen molar-refractivity contribution in [1.82, 2.24) is 9.88 Å². The third-order valence-electron chi connectivity index (χ3n) is 5.29. The van der Waals surface area contributed by atoms with Crippen LogP contribution in [0.2, 0.25) is 0 Å². The fourth-order valence-corrected chi connectivity index (χ4v) is 4.02. The summed E-state index contributed by atoms with van der Waals surface area (Å²) in [6.45, 7) is 5.80. The summed E-state index contributed by atoms with van der Waals surface area (Å²) in [4.78, 5) is 31.3. The summed E-state index contributed by atoms with van der Waals surface area (Å²) in [7, 11) is 0. The van der Waals surface area contributed by atoms with Crippen LogP contribution in [0.15, 0.2) is 47.3 Å². The Labute approximate surface area is 173 Å². The topological polar surface area (TPSA) is 80.9 Å². The minimum atomic E-state index is -0.653. The molecule has 2 aliphatic heterocycles. The molecule has 1 amide bonds. The summed E-state index contributed by atoms with van der Waals surface area (Å²) in [5.74, 6) is 1.28. The number of carbonyl (C=O) groups is 1. The van der Waals surface area contributed by atoms with Crippen LogP contribution in [-0.2, 0) is 11.3 Å². The summed E-state index contributed by atoms with van der Waals surface area (Å²) in [5, 5.41) is 0.603. The molecule has 7 nitrogen and oxygen atoms in total. The van der Waals surface area contributed by atoms with Crippen LogP contribution in [0.3, 0.4) is 0 Å². The first-order chi connectivity index (χ1) is 14.3. The quantitative estimate of drug-likeness (QED) is 0.658. The molecule has 5 rings (SSSR count). The number of hydrogen-bond donors (Lipinski definition) is 1. The molecule has 1 atom stereocenters. The van der Waals surface area contributed by atoms with Crippen molar-refractivity contribution in [3.05, 3.63) is 69.5 Å². The van der Waals surface area contributed by atoms with E-state index in [2.05, 4.69) is 4.98 Å². The molecule has 1 unspecified atom stereocenters. The lowest BCUT2D eigenvalue weighted by molar-refractivity contribution is 0.0201. The summed E-state index contributed by atoms with van der Waals surface area (Å²) in [6.07, 6.45) is -0.474. The molecule has 0 saturated carbocycles. The van der Waals surface area contributed by atoms with E-state index in [9.17, 15) is 9.59 Å². The molecule has 0 saturated heterocycles. The highest BCUT2D eigenvalue weighted by atomic mass is 16.7. The number of carbonyl (C=O) groups excluding carboxylic acids is 1. The number of nitrogens with zero attached hydrogens (tertiary/aromatic N) is 1. The molecule has 2 aromatic carbocycles. The predicted molar refractivity (Wildman–Crippen MR) is 111 cm³/mol. The van der Waals surface area contributed by atoms with Gasteiger partial charge in [-0.1, -0.05) is 18.2 Å². The van der Waals surface area contributed by atoms with Crippen LogP contribution in [0.4, 0.5) is 4.79 Å². The standard InChI is InChI=1S/C23H22N2O5/c1-23(2,3)30-22(27)25-11-15-19(24-16-7-5-4-6-14(16)21(15)26)20(25)13-8-9-17-18(10-13)29-12-28-17/h4-10,20H,11-12H2,1-3H3,(H,24,26). The van der Waals surface area contributed by atoms with Gasteiger partial charge in [0.1, 0.15) is 11.6 Å². The Morgan fingerprint density at radius 3 is 2.70 bits per heavy atom. The second kappa shape index (κ2) is 6.52. The van der Waals surface area contributed by atoms with Crippen LogP contribution >= 0.6 is 0 Å². The molecular formula is C23H22N2O5. The number of ether oxygens (including phenoxy) is 3. The molecule has 30 heavy (non-hydrogen) atoms. The molecule has 1 N–H and O–H groups in total. The normalized spacial score (nSPS) is 17.3. The van der Waals surface area contributed by atoms with Crippen molar-refractivity contribution in [3.63, 3.8) is 0 Å². The minimum Gasteiger partial charge on any atom is -0.454 e. The van der Waals surface area contributed by atoms with E-state index in [1.165, 1.54) is 0 Å². The van der Waals surface area contributed by atoms with Crippen LogP contribution in [-0.4, -0.2) is 28.4 Å². The monoisotopic (exact) mass is 406 g/mol. The number of benzene rings is 2. The van der Waals surface area contributed by atoms with Gasteiger partial charge >= 0.3 is 6.09 Å². The maximum atomic E-state index is 13.2. The van der Waals surface area contributed by atoms with E-state index in [-0.39, 0.29) is 18.8 Å². The number of aromatic amines is 1. The van der Waals surface area contributed by atoms with Crippen molar-refractivity contribution in [2.75, 3.05) is 6.79 Å². The van der Waals surface area contributed by atoms with Crippen LogP contribution in [0.5, 0.6) is 11.5 Å². The lowest BCUT2D eigenvalue weighted by Gasteiger charge is -2.29. The first kappa shape index (κ1) is 18.5. The van der Waals surface area contributed by atoms with Gasteiger partial charge in [0.2, 0.25) is 6.79 Å². The number of amides is 1. The molecule has 0 spiro atoms. The first-order valence-corrected chi connectivity index (χ1v) is 9.85. The summed E-state index contributed by atoms with van der Waals surface area (Å²) in [5.41, 5.74) is 2.09. The van der Waals surface area contributed by atoms with Crippen molar-refractivity contribution >= 4 is 17.0 Å². The Morgan fingerprint density at radius 1 is 1.13 bits per heavy atom. The Bertz CT molecular complexity index is 1220. The fourth-order valence-electron chi connectivity index (χ4n) is 4.02. The van der Waals surface area contributed by atoms with Crippen molar-refractivity contribution in [1.29, 1.82) is 0 Å². The Morgan fingerprint density at radius 2 is 1.90 bits per heavy atom. The Balaban J connectivity index is 1.68. The van der Waals surface area contributed by atoms with E-state index < -0.39 is 17.7 Å². The van der Waals surface area contributed by atoms with E-state index in [1.54, 1.807) is 11.0 Å². The van der Waals surface area contributed by atoms with E-state index in [0.29, 0.717) is 28.1 Å². The molecule has 0 fully saturated rings. The number of nitrogens with one attached hydrogen (secondary N) is 1. The largest absolute Gasteiger partial charge is 0.454 e. The van der Waals surface area contributed by atoms with Crippen molar-refractivity contribution in [3.8, 4) is 11.5 Å². The van der Waals surface area contributed by atoms with E-state index in [4.69, 9.17) is 14.2 Å². The molecule has 3 heterocycles. The van der Waals surface area contributed by atoms with Crippen molar-refractivity contribution in [2.45, 2.75) is 39.0 Å². The van der Waals surface area contributed by atoms with E-state index in [0.717, 1.165) is 11.1 Å². The summed E-state index contributed by atoms with van der Waals surface area (Å²) >= 11 is 0. The Kier molecular flexibility index (Phi) is 4.03. The zero-order valence-corrected chi connectivity index (χ0v) is 17.0. The molecule has 2 aliphatic rings. The van der Waals surface area contributed by atoms with Gasteiger partial charge in [0.25, 0.3) is 0 Å². The van der Waals surface area contributed by atoms with Gasteiger partial charge in [-0.05, 0) is 50.6 Å². The molecule has 154 valence electrons. The van der Waals surface area contributed by atoms with Crippen LogP contribution < -0.4 is 14.9 Å². The van der Waals surface area contributed by atoms with Gasteiger partial charge in [0.15, 0.2) is 16.9 Å². The number of rotatable bonds is 1. The van der Waals surface area contributed by atoms with Gasteiger partial charge in [-0.25, -0.2) is 4.79 Å². The Hall–Kier alpha value is -3.48. The zero-order valence-electron chi connectivity index (χ0n) is 17.0. The minimum absolute atomic E-state index is 0.0730. The third kappa shape index (κ3) is 2.98. The number of hydrogen-bond acceptors (Lipinski definition) is 5. The smallest absolute Gasteiger partial charge is 0.411 e. The number of fused-ring (bicyclic) bond motifs is 3. The van der Waals surface area contributed by atoms with Crippen LogP contribution in [0, 0.1) is 0 Å². The number of para-hydroxylation sites is 1. The van der Waals surface area contributed by atoms with Gasteiger partial charge in [-0.15, -0.1) is 0 Å². The van der Waals surface area contributed by atoms with Crippen LogP contribution in [0.1, 0.15) is 43.6 Å². The molecule has 7 heteroatoms. The maximum Gasteiger partial charge on any atom is 0.411 e. The van der Waals surface area contributed by atoms with Gasteiger partial charge in [-0.3, -0.25) is 9.69 Å². The number of aromatic nitrogens is 1. The molecule has 0 bridgehead atoms. The summed E-state index contributed by atoms with van der Waals surface area (Å²) < 4.78 is 16.6. The second-order valence-electron chi connectivity index (χ2n) is 8.52. The van der Waals surface area contributed by atoms with Gasteiger partial charge in [0, 0.05) is 16.5 Å². The summed E-state index contributed by atoms with van der Waals surface area (Å²) in [6, 6.07) is 12.4. The lowest BCUT2D eigenvalue weighted by atomic mass is 10.0. The highest BCUT2D eigenvalue weighted by Gasteiger charge is 2.40. The molecule has 1 aromatic heterocycles. The van der Waals surface area contributed by atoms with Crippen molar-refractivity contribution in [2.24, 2.45) is 0 Å².